The lowest BCUT2D eigenvalue weighted by Crippen LogP contribution is -3.18. The molecule has 1 aromatic heterocycles. The minimum atomic E-state index is 0.393. The van der Waals surface area contributed by atoms with E-state index in [1.54, 1.807) is 4.90 Å². The Morgan fingerprint density at radius 3 is 2.71 bits per heavy atom. The normalized spacial score (nSPS) is 29.0. The largest absolute Gasteiger partial charge is 0.338 e. The van der Waals surface area contributed by atoms with E-state index < -0.39 is 0 Å². The molecule has 5 heteroatoms. The van der Waals surface area contributed by atoms with Crippen LogP contribution in [0.15, 0.2) is 24.3 Å². The Balaban J connectivity index is 1.17. The lowest BCUT2D eigenvalue weighted by atomic mass is 9.78. The van der Waals surface area contributed by atoms with Crippen molar-refractivity contribution >= 4 is 27.5 Å². The Hall–Kier alpha value is -1.46. The molecule has 3 aliphatic rings. The first-order valence-corrected chi connectivity index (χ1v) is 12.1. The summed E-state index contributed by atoms with van der Waals surface area (Å²) < 4.78 is 1.28. The maximum atomic E-state index is 13.0. The van der Waals surface area contributed by atoms with Crippen molar-refractivity contribution in [3.8, 4) is 0 Å². The molecular weight excluding hydrogens is 366 g/mol. The third-order valence-electron chi connectivity index (χ3n) is 7.39. The van der Waals surface area contributed by atoms with Crippen molar-refractivity contribution < 1.29 is 9.69 Å². The molecule has 0 bridgehead atoms. The molecule has 0 spiro atoms. The van der Waals surface area contributed by atoms with Crippen LogP contribution < -0.4 is 4.90 Å². The van der Waals surface area contributed by atoms with Crippen molar-refractivity contribution in [1.82, 2.24) is 9.88 Å². The van der Waals surface area contributed by atoms with Gasteiger partial charge in [-0.2, -0.15) is 0 Å². The highest BCUT2D eigenvalue weighted by atomic mass is 32.1. The van der Waals surface area contributed by atoms with Crippen LogP contribution in [0.1, 0.15) is 62.3 Å². The third kappa shape index (κ3) is 3.71. The molecule has 2 saturated heterocycles. The standard InChI is InChI=1S/C23H31N3OS/c27-22(16-26-13-5-7-17-6-1-3-9-20(17)26)25-14-11-18(12-15-25)23-24-19-8-2-4-10-21(19)28-23/h2,4,8,10,17-18,20H,1,3,5-7,9,11-16H2/p+1/t17-,20-/m0/s1. The minimum Gasteiger partial charge on any atom is -0.338 e. The number of hydrogen-bond donors (Lipinski definition) is 1. The van der Waals surface area contributed by atoms with Gasteiger partial charge in [0, 0.05) is 24.9 Å². The maximum Gasteiger partial charge on any atom is 0.277 e. The number of nitrogens with one attached hydrogen (secondary N) is 1. The van der Waals surface area contributed by atoms with E-state index in [1.165, 1.54) is 54.8 Å². The van der Waals surface area contributed by atoms with Crippen LogP contribution in [0.5, 0.6) is 0 Å². The Kier molecular flexibility index (Phi) is 5.38. The van der Waals surface area contributed by atoms with Crippen LogP contribution in [-0.2, 0) is 4.79 Å². The monoisotopic (exact) mass is 398 g/mol. The Morgan fingerprint density at radius 2 is 1.86 bits per heavy atom. The maximum absolute atomic E-state index is 13.0. The van der Waals surface area contributed by atoms with E-state index >= 15 is 0 Å². The quantitative estimate of drug-likeness (QED) is 0.862. The molecule has 3 heterocycles. The van der Waals surface area contributed by atoms with Crippen LogP contribution in [0.4, 0.5) is 0 Å². The van der Waals surface area contributed by atoms with Gasteiger partial charge >= 0.3 is 0 Å². The van der Waals surface area contributed by atoms with Gasteiger partial charge in [-0.15, -0.1) is 11.3 Å². The van der Waals surface area contributed by atoms with Crippen LogP contribution in [0, 0.1) is 5.92 Å². The first-order chi connectivity index (χ1) is 13.8. The highest BCUT2D eigenvalue weighted by Gasteiger charge is 2.38. The van der Waals surface area contributed by atoms with Crippen molar-refractivity contribution in [1.29, 1.82) is 0 Å². The van der Waals surface area contributed by atoms with Crippen molar-refractivity contribution in [2.45, 2.75) is 63.3 Å². The molecule has 1 aromatic carbocycles. The number of rotatable bonds is 3. The van der Waals surface area contributed by atoms with Gasteiger partial charge in [-0.05, 0) is 57.1 Å². The summed E-state index contributed by atoms with van der Waals surface area (Å²) in [6.07, 6.45) is 10.3. The fraction of sp³-hybridized carbons (Fsp3) is 0.652. The SMILES string of the molecule is O=C(C[NH+]1CCC[C@@H]2CCCC[C@@H]21)N1CCC(c2nc3ccccc3s2)CC1. The summed E-state index contributed by atoms with van der Waals surface area (Å²) in [6.45, 7) is 3.74. The first-order valence-electron chi connectivity index (χ1n) is 11.3. The average Bonchev–Trinajstić information content (AvgIpc) is 3.18. The Labute approximate surface area is 171 Å². The number of para-hydroxylation sites is 1. The van der Waals surface area contributed by atoms with Gasteiger partial charge in [-0.25, -0.2) is 4.98 Å². The number of carbonyl (C=O) groups is 1. The van der Waals surface area contributed by atoms with Crippen molar-refractivity contribution in [3.05, 3.63) is 29.3 Å². The van der Waals surface area contributed by atoms with E-state index in [2.05, 4.69) is 29.2 Å². The van der Waals surface area contributed by atoms with Gasteiger partial charge in [-0.1, -0.05) is 18.6 Å². The predicted octanol–water partition coefficient (Wildman–Crippen LogP) is 3.24. The van der Waals surface area contributed by atoms with Gasteiger partial charge in [0.25, 0.3) is 5.91 Å². The average molecular weight is 399 g/mol. The molecule has 4 nitrogen and oxygen atoms in total. The Morgan fingerprint density at radius 1 is 1.07 bits per heavy atom. The van der Waals surface area contributed by atoms with Crippen molar-refractivity contribution in [2.75, 3.05) is 26.2 Å². The number of amides is 1. The second-order valence-corrected chi connectivity index (χ2v) is 10.1. The van der Waals surface area contributed by atoms with Crippen LogP contribution >= 0.6 is 11.3 Å². The lowest BCUT2D eigenvalue weighted by molar-refractivity contribution is -0.929. The van der Waals surface area contributed by atoms with E-state index in [1.807, 2.05) is 11.3 Å². The first kappa shape index (κ1) is 18.6. The molecule has 1 N–H and O–H groups in total. The number of carbonyl (C=O) groups excluding carboxylic acids is 1. The minimum absolute atomic E-state index is 0.393. The van der Waals surface area contributed by atoms with Crippen molar-refractivity contribution in [3.63, 3.8) is 0 Å². The van der Waals surface area contributed by atoms with Gasteiger partial charge in [0.1, 0.15) is 0 Å². The molecule has 2 aromatic rings. The van der Waals surface area contributed by atoms with E-state index in [9.17, 15) is 4.79 Å². The van der Waals surface area contributed by atoms with Crippen LogP contribution in [-0.4, -0.2) is 48.0 Å². The topological polar surface area (TPSA) is 37.6 Å². The van der Waals surface area contributed by atoms with E-state index in [-0.39, 0.29) is 0 Å². The number of quaternary nitrogens is 1. The zero-order chi connectivity index (χ0) is 18.9. The molecule has 1 amide bonds. The second kappa shape index (κ2) is 8.11. The zero-order valence-electron chi connectivity index (χ0n) is 16.7. The fourth-order valence-electron chi connectivity index (χ4n) is 5.83. The van der Waals surface area contributed by atoms with Gasteiger partial charge in [-0.3, -0.25) is 4.79 Å². The van der Waals surface area contributed by atoms with Crippen molar-refractivity contribution in [2.24, 2.45) is 5.92 Å². The summed E-state index contributed by atoms with van der Waals surface area (Å²) in [4.78, 5) is 21.6. The summed E-state index contributed by atoms with van der Waals surface area (Å²) in [7, 11) is 0. The van der Waals surface area contributed by atoms with Crippen LogP contribution in [0.3, 0.4) is 0 Å². The number of hydrogen-bond acceptors (Lipinski definition) is 3. The molecule has 3 fully saturated rings. The summed E-state index contributed by atoms with van der Waals surface area (Å²) in [5.74, 6) is 1.80. The van der Waals surface area contributed by atoms with Crippen LogP contribution in [0.2, 0.25) is 0 Å². The predicted molar refractivity (Wildman–Crippen MR) is 114 cm³/mol. The molecule has 0 radical (unpaired) electrons. The third-order valence-corrected chi connectivity index (χ3v) is 8.59. The molecular formula is C23H32N3OS+. The summed E-state index contributed by atoms with van der Waals surface area (Å²) in [6, 6.07) is 9.17. The number of fused-ring (bicyclic) bond motifs is 2. The number of nitrogens with zero attached hydrogens (tertiary/aromatic N) is 2. The van der Waals surface area contributed by atoms with Crippen LogP contribution in [0.25, 0.3) is 10.2 Å². The van der Waals surface area contributed by atoms with E-state index in [0.717, 1.165) is 50.0 Å². The molecule has 1 unspecified atom stereocenters. The molecule has 1 saturated carbocycles. The molecule has 150 valence electrons. The summed E-state index contributed by atoms with van der Waals surface area (Å²) in [5, 5.41) is 1.26. The molecule has 1 aliphatic carbocycles. The molecule has 28 heavy (non-hydrogen) atoms. The number of likely N-dealkylation sites (tertiary alicyclic amines) is 2. The summed E-state index contributed by atoms with van der Waals surface area (Å²) in [5.41, 5.74) is 1.12. The number of thiazole rings is 1. The van der Waals surface area contributed by atoms with Gasteiger partial charge in [0.2, 0.25) is 0 Å². The lowest BCUT2D eigenvalue weighted by Gasteiger charge is -2.41. The van der Waals surface area contributed by atoms with E-state index in [0.29, 0.717) is 11.8 Å². The fourth-order valence-corrected chi connectivity index (χ4v) is 6.97. The summed E-state index contributed by atoms with van der Waals surface area (Å²) >= 11 is 1.84. The smallest absolute Gasteiger partial charge is 0.277 e. The number of aromatic nitrogens is 1. The molecule has 3 atom stereocenters. The number of benzene rings is 1. The highest BCUT2D eigenvalue weighted by Crippen LogP contribution is 2.34. The molecule has 5 rings (SSSR count). The van der Waals surface area contributed by atoms with Gasteiger partial charge in [0.05, 0.1) is 27.8 Å². The zero-order valence-corrected chi connectivity index (χ0v) is 17.6. The molecule has 2 aliphatic heterocycles. The second-order valence-electron chi connectivity index (χ2n) is 9.05. The Bertz CT molecular complexity index is 791. The van der Waals surface area contributed by atoms with Gasteiger partial charge in [0.15, 0.2) is 6.54 Å². The highest BCUT2D eigenvalue weighted by molar-refractivity contribution is 7.18. The van der Waals surface area contributed by atoms with E-state index in [4.69, 9.17) is 4.98 Å². The van der Waals surface area contributed by atoms with Gasteiger partial charge < -0.3 is 9.80 Å². The number of piperidine rings is 2.